The molecule has 2 aliphatic rings. The van der Waals surface area contributed by atoms with Crippen LogP contribution >= 0.6 is 0 Å². The molecule has 0 fully saturated rings. The second kappa shape index (κ2) is 10.1. The van der Waals surface area contributed by atoms with Crippen molar-refractivity contribution < 1.29 is 0 Å². The number of hydrogen-bond acceptors (Lipinski definition) is 1. The van der Waals surface area contributed by atoms with Gasteiger partial charge in [-0.3, -0.25) is 0 Å². The molecule has 0 spiro atoms. The maximum atomic E-state index is 2.40. The zero-order valence-corrected chi connectivity index (χ0v) is 24.1. The lowest BCUT2D eigenvalue weighted by Crippen LogP contribution is -2.16. The van der Waals surface area contributed by atoms with E-state index in [0.29, 0.717) is 0 Å². The zero-order valence-electron chi connectivity index (χ0n) is 24.1. The predicted molar refractivity (Wildman–Crippen MR) is 175 cm³/mol. The van der Waals surface area contributed by atoms with Gasteiger partial charge in [0.15, 0.2) is 0 Å². The Balaban J connectivity index is 1.25. The van der Waals surface area contributed by atoms with Gasteiger partial charge in [-0.1, -0.05) is 117 Å². The number of anilines is 3. The van der Waals surface area contributed by atoms with E-state index in [9.17, 15) is 0 Å². The molecule has 0 radical (unpaired) electrons. The predicted octanol–water partition coefficient (Wildman–Crippen LogP) is 11.2. The first-order valence-electron chi connectivity index (χ1n) is 14.7. The van der Waals surface area contributed by atoms with Gasteiger partial charge in [0, 0.05) is 22.5 Å². The van der Waals surface area contributed by atoms with Gasteiger partial charge in [-0.05, 0) is 101 Å². The van der Waals surface area contributed by atoms with E-state index in [1.165, 1.54) is 55.8 Å². The molecular formula is C40H35N. The summed E-state index contributed by atoms with van der Waals surface area (Å²) in [6.45, 7) is 6.90. The molecule has 0 unspecified atom stereocenters. The largest absolute Gasteiger partial charge is 0.310 e. The van der Waals surface area contributed by atoms with Crippen LogP contribution in [-0.4, -0.2) is 0 Å². The molecule has 0 amide bonds. The summed E-state index contributed by atoms with van der Waals surface area (Å²) in [4.78, 5) is 2.37. The van der Waals surface area contributed by atoms with Crippen molar-refractivity contribution in [3.05, 3.63) is 156 Å². The molecule has 7 rings (SSSR count). The molecule has 0 saturated carbocycles. The highest BCUT2D eigenvalue weighted by atomic mass is 15.1. The van der Waals surface area contributed by atoms with Crippen molar-refractivity contribution in [1.82, 2.24) is 0 Å². The fourth-order valence-corrected chi connectivity index (χ4v) is 6.49. The lowest BCUT2D eigenvalue weighted by Gasteiger charge is -2.28. The van der Waals surface area contributed by atoms with Gasteiger partial charge < -0.3 is 4.90 Å². The van der Waals surface area contributed by atoms with Crippen LogP contribution in [0.5, 0.6) is 0 Å². The van der Waals surface area contributed by atoms with Gasteiger partial charge in [0.25, 0.3) is 0 Å². The highest BCUT2D eigenvalue weighted by Crippen LogP contribution is 2.51. The normalized spacial score (nSPS) is 14.8. The number of para-hydroxylation sites is 1. The fraction of sp³-hybridized carbons (Fsp3) is 0.150. The summed E-state index contributed by atoms with van der Waals surface area (Å²) in [5.41, 5.74) is 15.3. The Labute approximate surface area is 244 Å². The van der Waals surface area contributed by atoms with E-state index in [4.69, 9.17) is 0 Å². The van der Waals surface area contributed by atoms with Crippen molar-refractivity contribution in [3.63, 3.8) is 0 Å². The highest BCUT2D eigenvalue weighted by molar-refractivity contribution is 5.86. The summed E-state index contributed by atoms with van der Waals surface area (Å²) in [6.07, 6.45) is 9.11. The number of benzene rings is 5. The van der Waals surface area contributed by atoms with Gasteiger partial charge >= 0.3 is 0 Å². The van der Waals surface area contributed by atoms with E-state index >= 15 is 0 Å². The van der Waals surface area contributed by atoms with Crippen LogP contribution in [0.4, 0.5) is 17.1 Å². The van der Waals surface area contributed by atoms with Crippen LogP contribution in [0.15, 0.2) is 133 Å². The molecule has 41 heavy (non-hydrogen) atoms. The second-order valence-electron chi connectivity index (χ2n) is 11.8. The average molecular weight is 530 g/mol. The minimum absolute atomic E-state index is 0.0471. The van der Waals surface area contributed by atoms with Crippen LogP contribution in [0.2, 0.25) is 0 Å². The van der Waals surface area contributed by atoms with Gasteiger partial charge in [0.05, 0.1) is 0 Å². The topological polar surface area (TPSA) is 3.24 Å². The third-order valence-corrected chi connectivity index (χ3v) is 8.76. The molecule has 1 nitrogen and oxygen atoms in total. The van der Waals surface area contributed by atoms with E-state index in [1.54, 1.807) is 0 Å². The van der Waals surface area contributed by atoms with E-state index in [1.807, 2.05) is 0 Å². The molecule has 0 N–H and O–H groups in total. The smallest absolute Gasteiger partial charge is 0.0465 e. The third-order valence-electron chi connectivity index (χ3n) is 8.76. The van der Waals surface area contributed by atoms with Crippen LogP contribution in [0.25, 0.3) is 27.8 Å². The first-order chi connectivity index (χ1) is 20.0. The van der Waals surface area contributed by atoms with E-state index < -0.39 is 0 Å². The van der Waals surface area contributed by atoms with Crippen molar-refractivity contribution in [2.45, 2.75) is 39.0 Å². The molecule has 0 aliphatic heterocycles. The van der Waals surface area contributed by atoms with Gasteiger partial charge in [0.2, 0.25) is 0 Å². The van der Waals surface area contributed by atoms with Gasteiger partial charge in [0.1, 0.15) is 0 Å². The summed E-state index contributed by atoms with van der Waals surface area (Å²) in [6, 6.07) is 42.5. The standard InChI is InChI=1S/C40H35N/c1-28-14-24-36-37-25-23-35(27-39(37)40(2,3)38(36)26-28)41(33-12-8-5-9-13-33)34-21-19-32(20-22-34)31-17-15-30(16-18-31)29-10-6-4-7-11-29/h5-6,8-27H,4,7H2,1-3H3. The molecule has 200 valence electrons. The summed E-state index contributed by atoms with van der Waals surface area (Å²) >= 11 is 0. The Morgan fingerprint density at radius 3 is 1.83 bits per heavy atom. The van der Waals surface area contributed by atoms with Crippen molar-refractivity contribution in [2.24, 2.45) is 0 Å². The van der Waals surface area contributed by atoms with Crippen LogP contribution < -0.4 is 4.90 Å². The number of nitrogens with zero attached hydrogens (tertiary/aromatic N) is 1. The van der Waals surface area contributed by atoms with E-state index in [2.05, 4.69) is 159 Å². The second-order valence-corrected chi connectivity index (χ2v) is 11.8. The highest BCUT2D eigenvalue weighted by Gasteiger charge is 2.36. The first-order valence-corrected chi connectivity index (χ1v) is 14.7. The summed E-state index contributed by atoms with van der Waals surface area (Å²) < 4.78 is 0. The minimum atomic E-state index is -0.0471. The van der Waals surface area contributed by atoms with Gasteiger partial charge in [-0.25, -0.2) is 0 Å². The van der Waals surface area contributed by atoms with Crippen LogP contribution in [0, 0.1) is 6.92 Å². The maximum Gasteiger partial charge on any atom is 0.0465 e. The molecule has 0 saturated heterocycles. The fourth-order valence-electron chi connectivity index (χ4n) is 6.49. The van der Waals surface area contributed by atoms with Crippen molar-refractivity contribution in [1.29, 1.82) is 0 Å². The summed E-state index contributed by atoms with van der Waals surface area (Å²) in [5, 5.41) is 0. The van der Waals surface area contributed by atoms with Crippen LogP contribution in [-0.2, 0) is 5.41 Å². The molecule has 0 atom stereocenters. The Hall–Kier alpha value is -4.62. The van der Waals surface area contributed by atoms with Crippen LogP contribution in [0.1, 0.15) is 48.9 Å². The lowest BCUT2D eigenvalue weighted by molar-refractivity contribution is 0.660. The molecule has 1 heteroatoms. The third kappa shape index (κ3) is 4.52. The van der Waals surface area contributed by atoms with Crippen molar-refractivity contribution >= 4 is 22.6 Å². The molecule has 0 aromatic heterocycles. The Kier molecular flexibility index (Phi) is 6.24. The van der Waals surface area contributed by atoms with E-state index in [0.717, 1.165) is 24.2 Å². The summed E-state index contributed by atoms with van der Waals surface area (Å²) in [5.74, 6) is 0. The minimum Gasteiger partial charge on any atom is -0.310 e. The molecular weight excluding hydrogens is 494 g/mol. The Morgan fingerprint density at radius 2 is 1.15 bits per heavy atom. The molecule has 5 aromatic carbocycles. The Morgan fingerprint density at radius 1 is 0.561 bits per heavy atom. The van der Waals surface area contributed by atoms with Crippen LogP contribution in [0.3, 0.4) is 0 Å². The molecule has 0 heterocycles. The summed E-state index contributed by atoms with van der Waals surface area (Å²) in [7, 11) is 0. The first kappa shape index (κ1) is 25.4. The van der Waals surface area contributed by atoms with Gasteiger partial charge in [-0.15, -0.1) is 0 Å². The lowest BCUT2D eigenvalue weighted by atomic mass is 9.82. The van der Waals surface area contributed by atoms with Crippen molar-refractivity contribution in [2.75, 3.05) is 4.90 Å². The number of hydrogen-bond donors (Lipinski definition) is 0. The maximum absolute atomic E-state index is 2.40. The number of fused-ring (bicyclic) bond motifs is 3. The SMILES string of the molecule is Cc1ccc2c(c1)C(C)(C)c1cc(N(c3ccccc3)c3ccc(-c4ccc(C5=CCCC=C5)cc4)cc3)ccc1-2. The zero-order chi connectivity index (χ0) is 28.0. The number of aryl methyl sites for hydroxylation is 1. The molecule has 0 bridgehead atoms. The van der Waals surface area contributed by atoms with Gasteiger partial charge in [-0.2, -0.15) is 0 Å². The molecule has 2 aliphatic carbocycles. The molecule has 5 aromatic rings. The van der Waals surface area contributed by atoms with Crippen molar-refractivity contribution in [3.8, 4) is 22.3 Å². The monoisotopic (exact) mass is 529 g/mol. The quantitative estimate of drug-likeness (QED) is 0.219. The van der Waals surface area contributed by atoms with E-state index in [-0.39, 0.29) is 5.41 Å². The number of rotatable bonds is 5. The number of allylic oxidation sites excluding steroid dienone is 4. The average Bonchev–Trinajstić information content (AvgIpc) is 3.24. The Bertz CT molecular complexity index is 1790.